The molecule has 1 aliphatic heterocycles. The summed E-state index contributed by atoms with van der Waals surface area (Å²) in [5, 5.41) is 12.4. The molecular formula is C10H7N3O. The van der Waals surface area contributed by atoms with Gasteiger partial charge in [0.25, 0.3) is 0 Å². The predicted molar refractivity (Wildman–Crippen MR) is 53.9 cm³/mol. The molecule has 1 N–H and O–H groups in total. The van der Waals surface area contributed by atoms with E-state index in [9.17, 15) is 5.21 Å². The molecule has 0 aliphatic carbocycles. The fourth-order valence-electron chi connectivity index (χ4n) is 1.68. The Morgan fingerprint density at radius 2 is 2.14 bits per heavy atom. The minimum absolute atomic E-state index is 0.0516. The smallest absolute Gasteiger partial charge is 0.194 e. The molecule has 0 radical (unpaired) electrons. The van der Waals surface area contributed by atoms with Crippen LogP contribution in [0, 0.1) is 5.21 Å². The molecular weight excluding hydrogens is 178 g/mol. The highest BCUT2D eigenvalue weighted by Gasteiger charge is 2.18. The van der Waals surface area contributed by atoms with Gasteiger partial charge in [0.1, 0.15) is 11.2 Å². The minimum Gasteiger partial charge on any atom is -0.623 e. The average molecular weight is 185 g/mol. The van der Waals surface area contributed by atoms with E-state index in [0.29, 0.717) is 5.69 Å². The van der Waals surface area contributed by atoms with E-state index in [0.717, 1.165) is 16.6 Å². The molecule has 4 heteroatoms. The van der Waals surface area contributed by atoms with Gasteiger partial charge in [0, 0.05) is 11.6 Å². The van der Waals surface area contributed by atoms with Crippen LogP contribution < -0.4 is 5.06 Å². The third kappa shape index (κ3) is 0.891. The molecule has 68 valence electrons. The Kier molecular flexibility index (Phi) is 1.41. The molecule has 0 fully saturated rings. The van der Waals surface area contributed by atoms with E-state index in [-0.39, 0.29) is 5.06 Å². The number of aromatic nitrogens is 1. The molecule has 1 aromatic carbocycles. The summed E-state index contributed by atoms with van der Waals surface area (Å²) in [4.78, 5) is 8.22. The van der Waals surface area contributed by atoms with Gasteiger partial charge in [-0.25, -0.2) is 4.98 Å². The predicted octanol–water partition coefficient (Wildman–Crippen LogP) is 0.922. The number of nitrogens with zero attached hydrogens (tertiary/aromatic N) is 2. The second-order valence-corrected chi connectivity index (χ2v) is 3.16. The quantitative estimate of drug-likeness (QED) is 0.620. The van der Waals surface area contributed by atoms with E-state index in [1.165, 1.54) is 6.34 Å². The zero-order valence-corrected chi connectivity index (χ0v) is 7.27. The van der Waals surface area contributed by atoms with Crippen molar-refractivity contribution < 1.29 is 5.06 Å². The van der Waals surface area contributed by atoms with Crippen molar-refractivity contribution in [1.29, 1.82) is 0 Å². The number of fused-ring (bicyclic) bond motifs is 3. The second kappa shape index (κ2) is 2.60. The van der Waals surface area contributed by atoms with Crippen LogP contribution in [0.1, 0.15) is 0 Å². The van der Waals surface area contributed by atoms with Gasteiger partial charge in [-0.15, -0.1) is 0 Å². The van der Waals surface area contributed by atoms with Gasteiger partial charge in [-0.2, -0.15) is 4.99 Å². The topological polar surface area (TPSA) is 52.8 Å². The van der Waals surface area contributed by atoms with Crippen molar-refractivity contribution in [2.75, 3.05) is 0 Å². The molecule has 1 aliphatic rings. The number of hydrogen-bond donors (Lipinski definition) is 1. The summed E-state index contributed by atoms with van der Waals surface area (Å²) in [7, 11) is 0. The molecule has 2 heterocycles. The van der Waals surface area contributed by atoms with Crippen molar-refractivity contribution in [2.24, 2.45) is 4.99 Å². The van der Waals surface area contributed by atoms with E-state index < -0.39 is 0 Å². The Morgan fingerprint density at radius 1 is 1.21 bits per heavy atom. The SMILES string of the molecule is [O-][NH+]1C=Nc2ccc3cccnc3c21. The summed E-state index contributed by atoms with van der Waals surface area (Å²) in [6.45, 7) is 0. The van der Waals surface area contributed by atoms with Crippen LogP contribution in [0.25, 0.3) is 10.9 Å². The van der Waals surface area contributed by atoms with Crippen molar-refractivity contribution in [3.05, 3.63) is 35.7 Å². The lowest BCUT2D eigenvalue weighted by Crippen LogP contribution is -2.99. The lowest BCUT2D eigenvalue weighted by Gasteiger charge is -2.12. The number of hydrogen-bond acceptors (Lipinski definition) is 3. The van der Waals surface area contributed by atoms with Crippen LogP contribution in [-0.2, 0) is 0 Å². The molecule has 0 saturated carbocycles. The monoisotopic (exact) mass is 185 g/mol. The Bertz CT molecular complexity index is 536. The van der Waals surface area contributed by atoms with Crippen LogP contribution >= 0.6 is 0 Å². The maximum atomic E-state index is 11.5. The average Bonchev–Trinajstić information content (AvgIpc) is 2.61. The molecule has 4 nitrogen and oxygen atoms in total. The number of benzene rings is 1. The Labute approximate surface area is 80.1 Å². The van der Waals surface area contributed by atoms with Crippen LogP contribution in [0.5, 0.6) is 0 Å². The molecule has 1 unspecified atom stereocenters. The third-order valence-electron chi connectivity index (χ3n) is 2.32. The molecule has 2 aromatic rings. The van der Waals surface area contributed by atoms with E-state index in [4.69, 9.17) is 0 Å². The normalized spacial score (nSPS) is 18.8. The summed E-state index contributed by atoms with van der Waals surface area (Å²) >= 11 is 0. The van der Waals surface area contributed by atoms with Crippen molar-refractivity contribution in [2.45, 2.75) is 0 Å². The van der Waals surface area contributed by atoms with E-state index in [1.54, 1.807) is 6.20 Å². The van der Waals surface area contributed by atoms with Gasteiger partial charge in [0.2, 0.25) is 0 Å². The summed E-state index contributed by atoms with van der Waals surface area (Å²) in [6.07, 6.45) is 3.03. The first-order valence-electron chi connectivity index (χ1n) is 4.32. The van der Waals surface area contributed by atoms with Crippen LogP contribution in [0.3, 0.4) is 0 Å². The number of pyridine rings is 1. The third-order valence-corrected chi connectivity index (χ3v) is 2.32. The standard InChI is InChI=1S/C10H7N3O/c14-13-6-12-8-4-3-7-2-1-5-11-9(7)10(8)13/h1-6,13H. The van der Waals surface area contributed by atoms with Gasteiger partial charge < -0.3 is 5.21 Å². The zero-order valence-electron chi connectivity index (χ0n) is 7.27. The van der Waals surface area contributed by atoms with Crippen LogP contribution in [0.15, 0.2) is 35.5 Å². The summed E-state index contributed by atoms with van der Waals surface area (Å²) in [6, 6.07) is 7.57. The Morgan fingerprint density at radius 3 is 3.07 bits per heavy atom. The fraction of sp³-hybridized carbons (Fsp3) is 0. The molecule has 1 aromatic heterocycles. The number of hydroxylamine groups is 1. The summed E-state index contributed by atoms with van der Waals surface area (Å²) in [5.74, 6) is 0. The van der Waals surface area contributed by atoms with Gasteiger partial charge in [-0.1, -0.05) is 12.1 Å². The maximum Gasteiger partial charge on any atom is 0.194 e. The van der Waals surface area contributed by atoms with Gasteiger partial charge in [-0.3, -0.25) is 5.06 Å². The number of aliphatic imine (C=N–C) groups is 1. The highest BCUT2D eigenvalue weighted by atomic mass is 16.5. The Hall–Kier alpha value is -1.78. The highest BCUT2D eigenvalue weighted by Crippen LogP contribution is 2.30. The van der Waals surface area contributed by atoms with E-state index in [2.05, 4.69) is 9.98 Å². The van der Waals surface area contributed by atoms with Gasteiger partial charge in [0.15, 0.2) is 12.0 Å². The van der Waals surface area contributed by atoms with Gasteiger partial charge in [0.05, 0.1) is 0 Å². The molecule has 0 bridgehead atoms. The van der Waals surface area contributed by atoms with Crippen LogP contribution in [0.2, 0.25) is 0 Å². The summed E-state index contributed by atoms with van der Waals surface area (Å²) in [5.41, 5.74) is 2.09. The fourth-order valence-corrected chi connectivity index (χ4v) is 1.68. The highest BCUT2D eigenvalue weighted by molar-refractivity contribution is 5.95. The summed E-state index contributed by atoms with van der Waals surface area (Å²) < 4.78 is 0. The second-order valence-electron chi connectivity index (χ2n) is 3.16. The maximum absolute atomic E-state index is 11.5. The molecule has 0 saturated heterocycles. The van der Waals surface area contributed by atoms with E-state index in [1.807, 2.05) is 24.3 Å². The molecule has 0 spiro atoms. The Balaban J connectivity index is 2.44. The molecule has 0 amide bonds. The van der Waals surface area contributed by atoms with Crippen molar-refractivity contribution in [3.8, 4) is 0 Å². The first-order chi connectivity index (χ1) is 6.86. The zero-order chi connectivity index (χ0) is 9.54. The largest absolute Gasteiger partial charge is 0.623 e. The number of rotatable bonds is 0. The van der Waals surface area contributed by atoms with Crippen molar-refractivity contribution in [1.82, 2.24) is 4.98 Å². The first kappa shape index (κ1) is 7.61. The lowest BCUT2D eigenvalue weighted by molar-refractivity contribution is -0.653. The lowest BCUT2D eigenvalue weighted by atomic mass is 10.1. The van der Waals surface area contributed by atoms with Crippen LogP contribution in [0.4, 0.5) is 11.4 Å². The molecule has 14 heavy (non-hydrogen) atoms. The van der Waals surface area contributed by atoms with Crippen LogP contribution in [-0.4, -0.2) is 11.3 Å². The van der Waals surface area contributed by atoms with E-state index >= 15 is 0 Å². The van der Waals surface area contributed by atoms with Crippen molar-refractivity contribution in [3.63, 3.8) is 0 Å². The van der Waals surface area contributed by atoms with Gasteiger partial charge in [-0.05, 0) is 12.1 Å². The van der Waals surface area contributed by atoms with Gasteiger partial charge >= 0.3 is 0 Å². The minimum atomic E-state index is -0.0516. The first-order valence-corrected chi connectivity index (χ1v) is 4.32. The van der Waals surface area contributed by atoms with Crippen molar-refractivity contribution >= 4 is 28.6 Å². The number of quaternary nitrogens is 1. The molecule has 1 atom stereocenters. The molecule has 3 rings (SSSR count). The number of nitrogens with one attached hydrogen (secondary N) is 1.